The van der Waals surface area contributed by atoms with Gasteiger partial charge in [-0.2, -0.15) is 5.26 Å². The molecule has 0 amide bonds. The van der Waals surface area contributed by atoms with Crippen molar-refractivity contribution in [2.24, 2.45) is 0 Å². The Bertz CT molecular complexity index is 2370. The maximum Gasteiger partial charge on any atom is 0.0991 e. The highest BCUT2D eigenvalue weighted by Crippen LogP contribution is 2.35. The fourth-order valence-corrected chi connectivity index (χ4v) is 5.92. The van der Waals surface area contributed by atoms with Gasteiger partial charge in [-0.15, -0.1) is 0 Å². The minimum atomic E-state index is 0.588. The number of nitriles is 1. The zero-order valence-corrected chi connectivity index (χ0v) is 24.8. The van der Waals surface area contributed by atoms with Crippen molar-refractivity contribution < 1.29 is 0 Å². The van der Waals surface area contributed by atoms with Crippen LogP contribution in [-0.2, 0) is 0 Å². The first-order valence-electron chi connectivity index (χ1n) is 15.2. The maximum atomic E-state index is 9.55. The Labute approximate surface area is 266 Å². The summed E-state index contributed by atoms with van der Waals surface area (Å²) in [5.41, 5.74) is 11.9. The van der Waals surface area contributed by atoms with Gasteiger partial charge in [0.05, 0.1) is 45.4 Å². The molecular formula is C42H26N4. The average molecular weight is 587 g/mol. The largest absolute Gasteiger partial charge is 0.248 e. The molecule has 0 spiro atoms. The van der Waals surface area contributed by atoms with E-state index in [1.54, 1.807) is 6.07 Å². The summed E-state index contributed by atoms with van der Waals surface area (Å²) in [5, 5.41) is 11.7. The van der Waals surface area contributed by atoms with E-state index in [0.29, 0.717) is 5.56 Å². The predicted molar refractivity (Wildman–Crippen MR) is 187 cm³/mol. The molecule has 46 heavy (non-hydrogen) atoms. The van der Waals surface area contributed by atoms with E-state index in [9.17, 15) is 5.26 Å². The second-order valence-electron chi connectivity index (χ2n) is 11.2. The van der Waals surface area contributed by atoms with Crippen LogP contribution in [0, 0.1) is 11.3 Å². The minimum absolute atomic E-state index is 0.588. The summed E-state index contributed by atoms with van der Waals surface area (Å²) in [6.07, 6.45) is 0. The predicted octanol–water partition coefficient (Wildman–Crippen LogP) is 10.4. The molecule has 0 N–H and O–H groups in total. The van der Waals surface area contributed by atoms with Crippen LogP contribution in [0.2, 0.25) is 0 Å². The van der Waals surface area contributed by atoms with Gasteiger partial charge < -0.3 is 0 Å². The van der Waals surface area contributed by atoms with Crippen LogP contribution < -0.4 is 0 Å². The topological polar surface area (TPSA) is 62.5 Å². The molecule has 0 radical (unpaired) electrons. The third-order valence-electron chi connectivity index (χ3n) is 8.25. The first-order valence-corrected chi connectivity index (χ1v) is 15.2. The Morgan fingerprint density at radius 2 is 0.891 bits per heavy atom. The lowest BCUT2D eigenvalue weighted by molar-refractivity contribution is 1.29. The highest BCUT2D eigenvalue weighted by molar-refractivity contribution is 5.94. The highest BCUT2D eigenvalue weighted by Gasteiger charge is 2.15. The van der Waals surface area contributed by atoms with E-state index in [-0.39, 0.29) is 0 Å². The van der Waals surface area contributed by atoms with Crippen molar-refractivity contribution in [1.29, 1.82) is 5.26 Å². The van der Waals surface area contributed by atoms with Gasteiger partial charge in [0.25, 0.3) is 0 Å². The minimum Gasteiger partial charge on any atom is -0.248 e. The summed E-state index contributed by atoms with van der Waals surface area (Å²) in [7, 11) is 0. The van der Waals surface area contributed by atoms with Crippen molar-refractivity contribution in [2.75, 3.05) is 0 Å². The number of benzene rings is 6. The molecule has 0 aliphatic heterocycles. The molecule has 8 rings (SSSR count). The average Bonchev–Trinajstić information content (AvgIpc) is 3.14. The van der Waals surface area contributed by atoms with E-state index in [2.05, 4.69) is 91.0 Å². The third-order valence-corrected chi connectivity index (χ3v) is 8.25. The van der Waals surface area contributed by atoms with Gasteiger partial charge in [-0.1, -0.05) is 109 Å². The second kappa shape index (κ2) is 11.6. The Balaban J connectivity index is 1.24. The van der Waals surface area contributed by atoms with E-state index < -0.39 is 0 Å². The Morgan fingerprint density at radius 3 is 1.54 bits per heavy atom. The van der Waals surface area contributed by atoms with Crippen molar-refractivity contribution in [1.82, 2.24) is 15.0 Å². The Kier molecular flexibility index (Phi) is 6.83. The van der Waals surface area contributed by atoms with Crippen LogP contribution in [-0.4, -0.2) is 15.0 Å². The standard InChI is InChI=1S/C42H26N4/c43-27-28-10-9-15-34(22-28)41-42(46-38-17-8-7-16-37(38)45-41)35-21-19-31-23-33(20-18-32(31)24-35)40-26-36(29-11-3-1-4-12-29)25-39(44-40)30-13-5-2-6-14-30/h1-26H. The van der Waals surface area contributed by atoms with E-state index in [1.165, 1.54) is 0 Å². The van der Waals surface area contributed by atoms with Gasteiger partial charge in [0.1, 0.15) is 0 Å². The molecule has 0 aliphatic carbocycles. The molecule has 0 aliphatic rings. The number of rotatable bonds is 5. The van der Waals surface area contributed by atoms with Crippen LogP contribution in [0.4, 0.5) is 0 Å². The molecule has 4 nitrogen and oxygen atoms in total. The molecule has 0 saturated heterocycles. The number of nitrogens with zero attached hydrogens (tertiary/aromatic N) is 4. The SMILES string of the molecule is N#Cc1cccc(-c2nc3ccccc3nc2-c2ccc3cc(-c4cc(-c5ccccc5)cc(-c5ccccc5)n4)ccc3c2)c1. The fourth-order valence-electron chi connectivity index (χ4n) is 5.92. The molecule has 2 heterocycles. The van der Waals surface area contributed by atoms with Crippen LogP contribution in [0.3, 0.4) is 0 Å². The third kappa shape index (κ3) is 5.17. The summed E-state index contributed by atoms with van der Waals surface area (Å²) in [4.78, 5) is 15.2. The monoisotopic (exact) mass is 586 g/mol. The zero-order valence-electron chi connectivity index (χ0n) is 24.8. The van der Waals surface area contributed by atoms with Crippen molar-refractivity contribution >= 4 is 21.8 Å². The summed E-state index contributed by atoms with van der Waals surface area (Å²) >= 11 is 0. The van der Waals surface area contributed by atoms with Crippen molar-refractivity contribution in [3.05, 3.63) is 163 Å². The smallest absolute Gasteiger partial charge is 0.0991 e. The van der Waals surface area contributed by atoms with Crippen LogP contribution in [0.1, 0.15) is 5.56 Å². The quantitative estimate of drug-likeness (QED) is 0.201. The van der Waals surface area contributed by atoms with Gasteiger partial charge in [0, 0.05) is 22.3 Å². The summed E-state index contributed by atoms with van der Waals surface area (Å²) in [5.74, 6) is 0. The van der Waals surface area contributed by atoms with Crippen molar-refractivity contribution in [2.45, 2.75) is 0 Å². The first kappa shape index (κ1) is 27.1. The second-order valence-corrected chi connectivity index (χ2v) is 11.2. The van der Waals surface area contributed by atoms with Crippen LogP contribution in [0.5, 0.6) is 0 Å². The van der Waals surface area contributed by atoms with E-state index >= 15 is 0 Å². The van der Waals surface area contributed by atoms with Crippen molar-refractivity contribution in [3.8, 4) is 62.2 Å². The van der Waals surface area contributed by atoms with E-state index in [0.717, 1.165) is 78.0 Å². The van der Waals surface area contributed by atoms with Crippen molar-refractivity contribution in [3.63, 3.8) is 0 Å². The molecular weight excluding hydrogens is 560 g/mol. The highest BCUT2D eigenvalue weighted by atomic mass is 14.8. The normalized spacial score (nSPS) is 11.0. The number of aromatic nitrogens is 3. The van der Waals surface area contributed by atoms with E-state index in [1.807, 2.05) is 66.7 Å². The van der Waals surface area contributed by atoms with E-state index in [4.69, 9.17) is 15.0 Å². The Hall–Kier alpha value is -6.44. The molecule has 0 atom stereocenters. The lowest BCUT2D eigenvalue weighted by atomic mass is 9.97. The van der Waals surface area contributed by atoms with Gasteiger partial charge in [-0.25, -0.2) is 15.0 Å². The Morgan fingerprint density at radius 1 is 0.370 bits per heavy atom. The molecule has 0 fully saturated rings. The number of fused-ring (bicyclic) bond motifs is 2. The molecule has 6 aromatic carbocycles. The molecule has 0 bridgehead atoms. The lowest BCUT2D eigenvalue weighted by Gasteiger charge is -2.13. The molecule has 4 heteroatoms. The van der Waals surface area contributed by atoms with Gasteiger partial charge in [0.15, 0.2) is 0 Å². The number of para-hydroxylation sites is 2. The summed E-state index contributed by atoms with van der Waals surface area (Å²) < 4.78 is 0. The lowest BCUT2D eigenvalue weighted by Crippen LogP contribution is -1.96. The van der Waals surface area contributed by atoms with Gasteiger partial charge in [0.2, 0.25) is 0 Å². The van der Waals surface area contributed by atoms with Gasteiger partial charge in [-0.05, 0) is 70.4 Å². The number of hydrogen-bond acceptors (Lipinski definition) is 4. The fraction of sp³-hybridized carbons (Fsp3) is 0. The number of hydrogen-bond donors (Lipinski definition) is 0. The molecule has 2 aromatic heterocycles. The van der Waals surface area contributed by atoms with Crippen LogP contribution in [0.15, 0.2) is 158 Å². The summed E-state index contributed by atoms with van der Waals surface area (Å²) in [6.45, 7) is 0. The van der Waals surface area contributed by atoms with Crippen LogP contribution in [0.25, 0.3) is 78.0 Å². The molecule has 0 saturated carbocycles. The van der Waals surface area contributed by atoms with Gasteiger partial charge in [-0.3, -0.25) is 0 Å². The van der Waals surface area contributed by atoms with Gasteiger partial charge >= 0.3 is 0 Å². The zero-order chi connectivity index (χ0) is 30.9. The summed E-state index contributed by atoms with van der Waals surface area (Å²) in [6, 6.07) is 55.7. The maximum absolute atomic E-state index is 9.55. The van der Waals surface area contributed by atoms with Crippen LogP contribution >= 0.6 is 0 Å². The molecule has 214 valence electrons. The molecule has 0 unspecified atom stereocenters. The number of pyridine rings is 1. The molecule has 8 aromatic rings. The first-order chi connectivity index (χ1) is 22.7.